The van der Waals surface area contributed by atoms with E-state index in [2.05, 4.69) is 10.6 Å². The molecule has 0 bridgehead atoms. The molecule has 2 aromatic carbocycles. The summed E-state index contributed by atoms with van der Waals surface area (Å²) in [5, 5.41) is 7.54. The van der Waals surface area contributed by atoms with Gasteiger partial charge in [0.15, 0.2) is 0 Å². The van der Waals surface area contributed by atoms with Crippen molar-refractivity contribution in [2.24, 2.45) is 0 Å². The predicted molar refractivity (Wildman–Crippen MR) is 85.6 cm³/mol. The summed E-state index contributed by atoms with van der Waals surface area (Å²) < 4.78 is 5.20. The molecular weight excluding hydrogens is 280 g/mol. The normalized spacial score (nSPS) is 11.8. The van der Waals surface area contributed by atoms with Crippen LogP contribution in [0.3, 0.4) is 0 Å². The third kappa shape index (κ3) is 3.97. The fourth-order valence-electron chi connectivity index (χ4n) is 2.22. The van der Waals surface area contributed by atoms with Crippen molar-refractivity contribution in [3.05, 3.63) is 42.0 Å². The summed E-state index contributed by atoms with van der Waals surface area (Å²) in [5.74, 6) is 0.394. The molecule has 22 heavy (non-hydrogen) atoms. The van der Waals surface area contributed by atoms with Crippen LogP contribution in [0.1, 0.15) is 19.4 Å². The van der Waals surface area contributed by atoms with Gasteiger partial charge < -0.3 is 15.4 Å². The second-order valence-corrected chi connectivity index (χ2v) is 5.19. The van der Waals surface area contributed by atoms with Crippen LogP contribution in [0, 0.1) is 0 Å². The Balaban J connectivity index is 2.03. The number of amides is 2. The smallest absolute Gasteiger partial charge is 0.242 e. The van der Waals surface area contributed by atoms with Crippen molar-refractivity contribution >= 4 is 22.6 Å². The lowest BCUT2D eigenvalue weighted by atomic mass is 10.1. The standard InChI is InChI=1S/C17H20N2O3/c1-11(19-12(2)20)17(21)18-10-13-4-5-15-9-16(22-3)7-6-14(15)8-13/h4-9,11H,10H2,1-3H3,(H,18,21)(H,19,20)/t11-/m0/s1. The zero-order valence-corrected chi connectivity index (χ0v) is 13.0. The Kier molecular flexibility index (Phi) is 4.99. The number of nitrogens with one attached hydrogen (secondary N) is 2. The van der Waals surface area contributed by atoms with Crippen molar-refractivity contribution in [2.45, 2.75) is 26.4 Å². The molecule has 0 fully saturated rings. The van der Waals surface area contributed by atoms with E-state index in [0.29, 0.717) is 6.54 Å². The van der Waals surface area contributed by atoms with E-state index in [-0.39, 0.29) is 11.8 Å². The average Bonchev–Trinajstić information content (AvgIpc) is 2.51. The summed E-state index contributed by atoms with van der Waals surface area (Å²) in [4.78, 5) is 22.8. The van der Waals surface area contributed by atoms with Crippen LogP contribution in [0.5, 0.6) is 5.75 Å². The Hall–Kier alpha value is -2.56. The molecule has 0 aliphatic rings. The van der Waals surface area contributed by atoms with Gasteiger partial charge in [0.1, 0.15) is 11.8 Å². The SMILES string of the molecule is COc1ccc2cc(CNC(=O)[C@H](C)NC(C)=O)ccc2c1. The number of carbonyl (C=O) groups excluding carboxylic acids is 2. The first-order chi connectivity index (χ1) is 10.5. The second-order valence-electron chi connectivity index (χ2n) is 5.19. The van der Waals surface area contributed by atoms with Gasteiger partial charge in [0, 0.05) is 13.5 Å². The van der Waals surface area contributed by atoms with E-state index in [4.69, 9.17) is 4.74 Å². The highest BCUT2D eigenvalue weighted by Crippen LogP contribution is 2.21. The van der Waals surface area contributed by atoms with Gasteiger partial charge in [0.25, 0.3) is 0 Å². The number of methoxy groups -OCH3 is 1. The molecule has 0 spiro atoms. The molecule has 2 amide bonds. The molecule has 0 heterocycles. The summed E-state index contributed by atoms with van der Waals surface area (Å²) in [7, 11) is 1.64. The van der Waals surface area contributed by atoms with Gasteiger partial charge in [-0.1, -0.05) is 18.2 Å². The van der Waals surface area contributed by atoms with Gasteiger partial charge >= 0.3 is 0 Å². The summed E-state index contributed by atoms with van der Waals surface area (Å²) in [6.45, 7) is 3.47. The number of hydrogen-bond acceptors (Lipinski definition) is 3. The average molecular weight is 300 g/mol. The molecule has 0 saturated carbocycles. The van der Waals surface area contributed by atoms with Crippen LogP contribution in [-0.2, 0) is 16.1 Å². The van der Waals surface area contributed by atoms with Crippen molar-refractivity contribution < 1.29 is 14.3 Å². The maximum absolute atomic E-state index is 11.9. The van der Waals surface area contributed by atoms with Gasteiger partial charge in [-0.2, -0.15) is 0 Å². The van der Waals surface area contributed by atoms with E-state index in [1.165, 1.54) is 6.92 Å². The van der Waals surface area contributed by atoms with Gasteiger partial charge in [-0.05, 0) is 41.5 Å². The number of hydrogen-bond donors (Lipinski definition) is 2. The topological polar surface area (TPSA) is 67.4 Å². The fraction of sp³-hybridized carbons (Fsp3) is 0.294. The monoisotopic (exact) mass is 300 g/mol. The maximum Gasteiger partial charge on any atom is 0.242 e. The fourth-order valence-corrected chi connectivity index (χ4v) is 2.22. The highest BCUT2D eigenvalue weighted by Gasteiger charge is 2.12. The van der Waals surface area contributed by atoms with E-state index < -0.39 is 6.04 Å². The molecular formula is C17H20N2O3. The van der Waals surface area contributed by atoms with E-state index in [9.17, 15) is 9.59 Å². The van der Waals surface area contributed by atoms with Gasteiger partial charge in [-0.25, -0.2) is 0 Å². The third-order valence-electron chi connectivity index (χ3n) is 3.39. The molecule has 5 nitrogen and oxygen atoms in total. The van der Waals surface area contributed by atoms with Crippen LogP contribution >= 0.6 is 0 Å². The highest BCUT2D eigenvalue weighted by atomic mass is 16.5. The van der Waals surface area contributed by atoms with E-state index in [1.54, 1.807) is 14.0 Å². The van der Waals surface area contributed by atoms with Crippen LogP contribution < -0.4 is 15.4 Å². The van der Waals surface area contributed by atoms with Crippen LogP contribution in [0.25, 0.3) is 10.8 Å². The molecule has 5 heteroatoms. The highest BCUT2D eigenvalue weighted by molar-refractivity contribution is 5.87. The van der Waals surface area contributed by atoms with Gasteiger partial charge in [0.2, 0.25) is 11.8 Å². The van der Waals surface area contributed by atoms with Crippen LogP contribution in [0.4, 0.5) is 0 Å². The third-order valence-corrected chi connectivity index (χ3v) is 3.39. The molecule has 0 saturated heterocycles. The van der Waals surface area contributed by atoms with Gasteiger partial charge in [0.05, 0.1) is 7.11 Å². The largest absolute Gasteiger partial charge is 0.497 e. The first-order valence-corrected chi connectivity index (χ1v) is 7.11. The van der Waals surface area contributed by atoms with Crippen LogP contribution in [-0.4, -0.2) is 25.0 Å². The van der Waals surface area contributed by atoms with Crippen molar-refractivity contribution in [1.29, 1.82) is 0 Å². The van der Waals surface area contributed by atoms with Gasteiger partial charge in [-0.3, -0.25) is 9.59 Å². The van der Waals surface area contributed by atoms with Crippen molar-refractivity contribution in [1.82, 2.24) is 10.6 Å². The molecule has 0 aromatic heterocycles. The molecule has 1 atom stereocenters. The Morgan fingerprint density at radius 1 is 1.14 bits per heavy atom. The summed E-state index contributed by atoms with van der Waals surface area (Å²) in [5.41, 5.74) is 1.00. The molecule has 0 aliphatic heterocycles. The number of carbonyl (C=O) groups is 2. The molecule has 0 radical (unpaired) electrons. The van der Waals surface area contributed by atoms with Crippen molar-refractivity contribution in [2.75, 3.05) is 7.11 Å². The zero-order valence-electron chi connectivity index (χ0n) is 13.0. The van der Waals surface area contributed by atoms with E-state index in [1.807, 2.05) is 36.4 Å². The van der Waals surface area contributed by atoms with E-state index in [0.717, 1.165) is 22.1 Å². The number of fused-ring (bicyclic) bond motifs is 1. The molecule has 116 valence electrons. The predicted octanol–water partition coefficient (Wildman–Crippen LogP) is 1.99. The van der Waals surface area contributed by atoms with Crippen LogP contribution in [0.2, 0.25) is 0 Å². The zero-order chi connectivity index (χ0) is 16.1. The number of benzene rings is 2. The van der Waals surface area contributed by atoms with E-state index >= 15 is 0 Å². The number of ether oxygens (including phenoxy) is 1. The Bertz CT molecular complexity index is 697. The molecule has 2 rings (SSSR count). The van der Waals surface area contributed by atoms with Crippen molar-refractivity contribution in [3.63, 3.8) is 0 Å². The minimum atomic E-state index is -0.540. The van der Waals surface area contributed by atoms with Crippen molar-refractivity contribution in [3.8, 4) is 5.75 Å². The lowest BCUT2D eigenvalue weighted by Gasteiger charge is -2.13. The minimum absolute atomic E-state index is 0.204. The van der Waals surface area contributed by atoms with Gasteiger partial charge in [-0.15, -0.1) is 0 Å². The first-order valence-electron chi connectivity index (χ1n) is 7.11. The number of rotatable bonds is 5. The second kappa shape index (κ2) is 6.93. The maximum atomic E-state index is 11.9. The lowest BCUT2D eigenvalue weighted by molar-refractivity contribution is -0.127. The summed E-state index contributed by atoms with van der Waals surface area (Å²) >= 11 is 0. The quantitative estimate of drug-likeness (QED) is 0.887. The molecule has 2 N–H and O–H groups in total. The summed E-state index contributed by atoms with van der Waals surface area (Å²) in [6, 6.07) is 11.3. The Morgan fingerprint density at radius 3 is 2.50 bits per heavy atom. The minimum Gasteiger partial charge on any atom is -0.497 e. The Labute approximate surface area is 129 Å². The molecule has 0 aliphatic carbocycles. The first kappa shape index (κ1) is 15.8. The summed E-state index contributed by atoms with van der Waals surface area (Å²) in [6.07, 6.45) is 0. The molecule has 0 unspecified atom stereocenters. The lowest BCUT2D eigenvalue weighted by Crippen LogP contribution is -2.43. The Morgan fingerprint density at radius 2 is 1.82 bits per heavy atom. The van der Waals surface area contributed by atoms with Crippen LogP contribution in [0.15, 0.2) is 36.4 Å². The molecule has 2 aromatic rings.